The van der Waals surface area contributed by atoms with Gasteiger partial charge < -0.3 is 4.74 Å². The first-order valence-corrected chi connectivity index (χ1v) is 11.6. The molecule has 5 nitrogen and oxygen atoms in total. The maximum atomic E-state index is 13.2. The molecule has 0 aliphatic carbocycles. The highest BCUT2D eigenvalue weighted by Gasteiger charge is 2.22. The van der Waals surface area contributed by atoms with E-state index in [1.54, 1.807) is 24.3 Å². The van der Waals surface area contributed by atoms with Gasteiger partial charge in [-0.2, -0.15) is 0 Å². The van der Waals surface area contributed by atoms with Crippen LogP contribution in [0.5, 0.6) is 5.75 Å². The molecule has 3 rings (SSSR count). The molecule has 154 valence electrons. The first-order valence-electron chi connectivity index (χ1n) is 10.1. The van der Waals surface area contributed by atoms with Gasteiger partial charge in [0.05, 0.1) is 17.1 Å². The predicted octanol–water partition coefficient (Wildman–Crippen LogP) is 5.44. The molecule has 29 heavy (non-hydrogen) atoms. The molecule has 0 spiro atoms. The van der Waals surface area contributed by atoms with Gasteiger partial charge >= 0.3 is 0 Å². The third-order valence-corrected chi connectivity index (χ3v) is 6.50. The second-order valence-corrected chi connectivity index (χ2v) is 8.94. The van der Waals surface area contributed by atoms with Crippen molar-refractivity contribution in [3.8, 4) is 17.1 Å². The van der Waals surface area contributed by atoms with Crippen molar-refractivity contribution in [2.45, 2.75) is 50.8 Å². The molecule has 0 N–H and O–H groups in total. The first kappa shape index (κ1) is 21.1. The molecular formula is C23H28N2O3S. The van der Waals surface area contributed by atoms with E-state index in [2.05, 4.69) is 11.9 Å². The van der Waals surface area contributed by atoms with Crippen LogP contribution in [0.1, 0.15) is 44.6 Å². The second kappa shape index (κ2) is 9.74. The van der Waals surface area contributed by atoms with Gasteiger partial charge in [0.15, 0.2) is 5.82 Å². The molecule has 0 fully saturated rings. The van der Waals surface area contributed by atoms with Crippen molar-refractivity contribution < 1.29 is 13.2 Å². The lowest BCUT2D eigenvalue weighted by molar-refractivity contribution is 0.305. The lowest BCUT2D eigenvalue weighted by atomic mass is 10.1. The first-order chi connectivity index (χ1) is 14.0. The Morgan fingerprint density at radius 2 is 1.69 bits per heavy atom. The highest BCUT2D eigenvalue weighted by Crippen LogP contribution is 2.31. The number of unbranched alkanes of at least 4 members (excludes halogenated alkanes) is 4. The van der Waals surface area contributed by atoms with E-state index in [0.717, 1.165) is 18.4 Å². The van der Waals surface area contributed by atoms with Crippen LogP contribution < -0.4 is 4.74 Å². The number of aromatic nitrogens is 2. The fraction of sp³-hybridized carbons (Fsp3) is 0.348. The van der Waals surface area contributed by atoms with E-state index in [1.807, 2.05) is 31.2 Å². The van der Waals surface area contributed by atoms with E-state index in [0.29, 0.717) is 23.7 Å². The smallest absolute Gasteiger partial charge is 0.269 e. The Kier molecular flexibility index (Phi) is 7.09. The Morgan fingerprint density at radius 1 is 0.966 bits per heavy atom. The minimum Gasteiger partial charge on any atom is -0.493 e. The van der Waals surface area contributed by atoms with Crippen molar-refractivity contribution in [2.75, 3.05) is 6.61 Å². The fourth-order valence-corrected chi connectivity index (χ4v) is 4.46. The summed E-state index contributed by atoms with van der Waals surface area (Å²) < 4.78 is 33.5. The van der Waals surface area contributed by atoms with Gasteiger partial charge in [-0.25, -0.2) is 17.4 Å². The molecule has 0 aliphatic rings. The summed E-state index contributed by atoms with van der Waals surface area (Å²) in [5.74, 6) is 1.00. The lowest BCUT2D eigenvalue weighted by Gasteiger charge is -2.13. The zero-order chi connectivity index (χ0) is 20.7. The Morgan fingerprint density at radius 3 is 2.45 bits per heavy atom. The van der Waals surface area contributed by atoms with Crippen molar-refractivity contribution in [2.24, 2.45) is 0 Å². The van der Waals surface area contributed by atoms with Gasteiger partial charge in [0.2, 0.25) is 0 Å². The maximum Gasteiger partial charge on any atom is 0.269 e. The van der Waals surface area contributed by atoms with Crippen molar-refractivity contribution in [3.05, 3.63) is 66.5 Å². The Hall–Kier alpha value is -2.60. The molecule has 0 amide bonds. The molecular weight excluding hydrogens is 384 g/mol. The van der Waals surface area contributed by atoms with Crippen LogP contribution in [0.3, 0.4) is 0 Å². The molecule has 0 saturated carbocycles. The van der Waals surface area contributed by atoms with E-state index < -0.39 is 10.0 Å². The largest absolute Gasteiger partial charge is 0.493 e. The number of hydrogen-bond donors (Lipinski definition) is 0. The van der Waals surface area contributed by atoms with Crippen molar-refractivity contribution >= 4 is 10.0 Å². The van der Waals surface area contributed by atoms with E-state index in [4.69, 9.17) is 4.74 Å². The molecule has 0 unspecified atom stereocenters. The summed E-state index contributed by atoms with van der Waals surface area (Å²) in [6.45, 7) is 4.72. The molecule has 0 bridgehead atoms. The highest BCUT2D eigenvalue weighted by molar-refractivity contribution is 7.90. The number of nitrogens with zero attached hydrogens (tertiary/aromatic N) is 2. The van der Waals surface area contributed by atoms with Gasteiger partial charge in [-0.15, -0.1) is 0 Å². The zero-order valence-electron chi connectivity index (χ0n) is 17.0. The lowest BCUT2D eigenvalue weighted by Crippen LogP contribution is -2.14. The van der Waals surface area contributed by atoms with Gasteiger partial charge in [-0.1, -0.05) is 62.4 Å². The highest BCUT2D eigenvalue weighted by atomic mass is 32.2. The van der Waals surface area contributed by atoms with E-state index in [-0.39, 0.29) is 4.90 Å². The third kappa shape index (κ3) is 5.07. The second-order valence-electron chi connectivity index (χ2n) is 7.12. The van der Waals surface area contributed by atoms with Gasteiger partial charge in [0, 0.05) is 12.4 Å². The van der Waals surface area contributed by atoms with E-state index >= 15 is 0 Å². The topological polar surface area (TPSA) is 61.2 Å². The molecule has 3 aromatic rings. The predicted molar refractivity (Wildman–Crippen MR) is 116 cm³/mol. The van der Waals surface area contributed by atoms with Gasteiger partial charge in [-0.05, 0) is 37.6 Å². The zero-order valence-corrected chi connectivity index (χ0v) is 17.9. The number of imidazole rings is 1. The van der Waals surface area contributed by atoms with Gasteiger partial charge in [0.1, 0.15) is 5.75 Å². The Bertz CT molecular complexity index is 1020. The number of hydrogen-bond acceptors (Lipinski definition) is 4. The monoisotopic (exact) mass is 412 g/mol. The van der Waals surface area contributed by atoms with Crippen LogP contribution in [0.15, 0.2) is 65.8 Å². The summed E-state index contributed by atoms with van der Waals surface area (Å²) in [5, 5.41) is 0. The minimum atomic E-state index is -3.74. The number of rotatable bonds is 10. The number of aryl methyl sites for hydroxylation is 1. The SMILES string of the molecule is CCCCCCCOc1ccccc1-c1nccn1S(=O)(=O)c1ccc(C)cc1. The fourth-order valence-electron chi connectivity index (χ4n) is 3.16. The molecule has 6 heteroatoms. The van der Waals surface area contributed by atoms with Crippen LogP contribution in [0.25, 0.3) is 11.4 Å². The van der Waals surface area contributed by atoms with Crippen molar-refractivity contribution in [3.63, 3.8) is 0 Å². The van der Waals surface area contributed by atoms with Crippen LogP contribution in [-0.4, -0.2) is 24.0 Å². The normalized spacial score (nSPS) is 11.5. The summed E-state index contributed by atoms with van der Waals surface area (Å²) in [4.78, 5) is 4.56. The summed E-state index contributed by atoms with van der Waals surface area (Å²) >= 11 is 0. The molecule has 0 atom stereocenters. The van der Waals surface area contributed by atoms with Crippen LogP contribution >= 0.6 is 0 Å². The summed E-state index contributed by atoms with van der Waals surface area (Å²) in [6.07, 6.45) is 8.75. The average Bonchev–Trinajstić information content (AvgIpc) is 3.22. The quantitative estimate of drug-likeness (QED) is 0.416. The van der Waals surface area contributed by atoms with E-state index in [1.165, 1.54) is 35.6 Å². The third-order valence-electron chi connectivity index (χ3n) is 4.82. The van der Waals surface area contributed by atoms with Crippen LogP contribution in [-0.2, 0) is 10.0 Å². The van der Waals surface area contributed by atoms with Gasteiger partial charge in [-0.3, -0.25) is 0 Å². The number of benzene rings is 2. The average molecular weight is 413 g/mol. The number of ether oxygens (including phenoxy) is 1. The maximum absolute atomic E-state index is 13.2. The molecule has 1 heterocycles. The molecule has 0 saturated heterocycles. The number of para-hydroxylation sites is 1. The Balaban J connectivity index is 1.84. The molecule has 0 radical (unpaired) electrons. The van der Waals surface area contributed by atoms with Crippen LogP contribution in [0.4, 0.5) is 0 Å². The summed E-state index contributed by atoms with van der Waals surface area (Å²) in [7, 11) is -3.74. The molecule has 0 aliphatic heterocycles. The summed E-state index contributed by atoms with van der Waals surface area (Å²) in [6, 6.07) is 14.3. The molecule has 2 aromatic carbocycles. The van der Waals surface area contributed by atoms with Gasteiger partial charge in [0.25, 0.3) is 10.0 Å². The standard InChI is InChI=1S/C23H28N2O3S/c1-3-4-5-6-9-18-28-22-11-8-7-10-21(22)23-24-16-17-25(23)29(26,27)20-14-12-19(2)13-15-20/h7-8,10-17H,3-6,9,18H2,1-2H3. The molecule has 1 aromatic heterocycles. The summed E-state index contributed by atoms with van der Waals surface area (Å²) in [5.41, 5.74) is 1.68. The Labute approximate surface area is 173 Å². The minimum absolute atomic E-state index is 0.233. The van der Waals surface area contributed by atoms with Crippen molar-refractivity contribution in [1.29, 1.82) is 0 Å². The van der Waals surface area contributed by atoms with Crippen LogP contribution in [0, 0.1) is 6.92 Å². The van der Waals surface area contributed by atoms with E-state index in [9.17, 15) is 8.42 Å². The van der Waals surface area contributed by atoms with Crippen LogP contribution in [0.2, 0.25) is 0 Å². The van der Waals surface area contributed by atoms with Crippen molar-refractivity contribution in [1.82, 2.24) is 8.96 Å².